The molecule has 0 unspecified atom stereocenters. The van der Waals surface area contributed by atoms with Gasteiger partial charge in [0.25, 0.3) is 0 Å². The Labute approximate surface area is 96.2 Å². The van der Waals surface area contributed by atoms with Gasteiger partial charge >= 0.3 is 0 Å². The van der Waals surface area contributed by atoms with Gasteiger partial charge in [-0.25, -0.2) is 0 Å². The van der Waals surface area contributed by atoms with E-state index < -0.39 is 0 Å². The molecule has 0 aromatic rings. The molecule has 1 aliphatic rings. The van der Waals surface area contributed by atoms with Crippen molar-refractivity contribution >= 4 is 23.2 Å². The Kier molecular flexibility index (Phi) is 5.39. The molecule has 0 spiro atoms. The number of carbonyl (C=O) groups is 1. The molecule has 1 fully saturated rings. The fourth-order valence-corrected chi connectivity index (χ4v) is 1.36. The molecule has 86 valence electrons. The maximum Gasteiger partial charge on any atom is 0.223 e. The predicted molar refractivity (Wildman–Crippen MR) is 64.6 cm³/mol. The van der Waals surface area contributed by atoms with Crippen molar-refractivity contribution in [3.8, 4) is 0 Å². The first-order valence-corrected chi connectivity index (χ1v) is 5.94. The Morgan fingerprint density at radius 2 is 1.80 bits per heavy atom. The molecule has 0 saturated heterocycles. The summed E-state index contributed by atoms with van der Waals surface area (Å²) in [5.41, 5.74) is 0. The van der Waals surface area contributed by atoms with E-state index in [1.165, 1.54) is 0 Å². The third-order valence-corrected chi connectivity index (χ3v) is 2.48. The lowest BCUT2D eigenvalue weighted by atomic mass is 10.4. The number of rotatable bonds is 6. The summed E-state index contributed by atoms with van der Waals surface area (Å²) in [5.74, 6) is 0.472. The number of thiocarbonyl (C=S) groups is 1. The van der Waals surface area contributed by atoms with Crippen molar-refractivity contribution in [2.45, 2.75) is 26.2 Å². The van der Waals surface area contributed by atoms with Gasteiger partial charge in [0, 0.05) is 25.6 Å². The third-order valence-electron chi connectivity index (χ3n) is 2.19. The number of hydrogen-bond acceptors (Lipinski definition) is 2. The maximum absolute atomic E-state index is 11.2. The number of nitrogens with one attached hydrogen (secondary N) is 3. The van der Waals surface area contributed by atoms with Gasteiger partial charge in [-0.2, -0.15) is 0 Å². The highest BCUT2D eigenvalue weighted by atomic mass is 32.1. The van der Waals surface area contributed by atoms with Gasteiger partial charge in [-0.1, -0.05) is 6.92 Å². The minimum atomic E-state index is 0.184. The first-order chi connectivity index (χ1) is 7.24. The van der Waals surface area contributed by atoms with Crippen LogP contribution in [0.4, 0.5) is 0 Å². The Hall–Kier alpha value is -0.840. The maximum atomic E-state index is 11.2. The van der Waals surface area contributed by atoms with Crippen LogP contribution in [0.1, 0.15) is 26.2 Å². The first kappa shape index (κ1) is 12.2. The van der Waals surface area contributed by atoms with Crippen molar-refractivity contribution in [1.82, 2.24) is 16.0 Å². The summed E-state index contributed by atoms with van der Waals surface area (Å²) < 4.78 is 0. The minimum Gasteiger partial charge on any atom is -0.363 e. The highest BCUT2D eigenvalue weighted by molar-refractivity contribution is 7.80. The summed E-state index contributed by atoms with van der Waals surface area (Å²) in [6.07, 6.45) is 3.16. The van der Waals surface area contributed by atoms with E-state index in [1.54, 1.807) is 0 Å². The second-order valence-electron chi connectivity index (χ2n) is 3.75. The molecule has 15 heavy (non-hydrogen) atoms. The second kappa shape index (κ2) is 6.61. The Balaban J connectivity index is 1.91. The van der Waals surface area contributed by atoms with Crippen LogP contribution in [0, 0.1) is 5.92 Å². The van der Waals surface area contributed by atoms with Gasteiger partial charge in [-0.05, 0) is 31.5 Å². The first-order valence-electron chi connectivity index (χ1n) is 5.53. The quantitative estimate of drug-likeness (QED) is 0.455. The van der Waals surface area contributed by atoms with Crippen molar-refractivity contribution in [1.29, 1.82) is 0 Å². The molecular weight excluding hydrogens is 210 g/mol. The summed E-state index contributed by atoms with van der Waals surface area (Å²) >= 11 is 5.03. The SMILES string of the molecule is CCCNC(=S)NCCNC(=O)C1CC1. The van der Waals surface area contributed by atoms with E-state index in [1.807, 2.05) is 0 Å². The van der Waals surface area contributed by atoms with Crippen LogP contribution in [0.2, 0.25) is 0 Å². The fourth-order valence-electron chi connectivity index (χ4n) is 1.15. The zero-order valence-electron chi connectivity index (χ0n) is 9.14. The molecule has 0 atom stereocenters. The van der Waals surface area contributed by atoms with E-state index in [0.29, 0.717) is 18.2 Å². The van der Waals surface area contributed by atoms with Gasteiger partial charge in [-0.15, -0.1) is 0 Å². The minimum absolute atomic E-state index is 0.184. The molecule has 3 N–H and O–H groups in total. The normalized spacial score (nSPS) is 14.5. The van der Waals surface area contributed by atoms with Crippen LogP contribution in [-0.4, -0.2) is 30.7 Å². The van der Waals surface area contributed by atoms with E-state index in [0.717, 1.165) is 25.8 Å². The van der Waals surface area contributed by atoms with E-state index in [2.05, 4.69) is 22.9 Å². The van der Waals surface area contributed by atoms with Crippen molar-refractivity contribution < 1.29 is 4.79 Å². The van der Waals surface area contributed by atoms with Crippen LogP contribution in [0.25, 0.3) is 0 Å². The van der Waals surface area contributed by atoms with E-state index in [9.17, 15) is 4.79 Å². The highest BCUT2D eigenvalue weighted by Gasteiger charge is 2.28. The summed E-state index contributed by atoms with van der Waals surface area (Å²) in [6.45, 7) is 4.31. The molecule has 0 aromatic heterocycles. The average Bonchev–Trinajstić information content (AvgIpc) is 3.04. The smallest absolute Gasteiger partial charge is 0.223 e. The standard InChI is InChI=1S/C10H19N3OS/c1-2-5-12-10(15)13-7-6-11-9(14)8-3-4-8/h8H,2-7H2,1H3,(H,11,14)(H2,12,13,15). The molecule has 4 nitrogen and oxygen atoms in total. The van der Waals surface area contributed by atoms with Crippen molar-refractivity contribution in [3.05, 3.63) is 0 Å². The van der Waals surface area contributed by atoms with Crippen LogP contribution in [0.3, 0.4) is 0 Å². The summed E-state index contributed by atoms with van der Waals surface area (Å²) in [6, 6.07) is 0. The molecule has 0 aliphatic heterocycles. The third kappa shape index (κ3) is 5.57. The summed E-state index contributed by atoms with van der Waals surface area (Å²) in [4.78, 5) is 11.2. The van der Waals surface area contributed by atoms with Crippen molar-refractivity contribution in [2.75, 3.05) is 19.6 Å². The molecule has 1 aliphatic carbocycles. The topological polar surface area (TPSA) is 53.2 Å². The van der Waals surface area contributed by atoms with Crippen molar-refractivity contribution in [3.63, 3.8) is 0 Å². The van der Waals surface area contributed by atoms with E-state index >= 15 is 0 Å². The van der Waals surface area contributed by atoms with Gasteiger partial charge in [0.2, 0.25) is 5.91 Å². The monoisotopic (exact) mass is 229 g/mol. The van der Waals surface area contributed by atoms with Crippen LogP contribution in [0.5, 0.6) is 0 Å². The number of amides is 1. The predicted octanol–water partition coefficient (Wildman–Crippen LogP) is 0.387. The lowest BCUT2D eigenvalue weighted by Gasteiger charge is -2.09. The van der Waals surface area contributed by atoms with Gasteiger partial charge in [0.05, 0.1) is 0 Å². The van der Waals surface area contributed by atoms with Crippen LogP contribution in [0.15, 0.2) is 0 Å². The highest BCUT2D eigenvalue weighted by Crippen LogP contribution is 2.28. The lowest BCUT2D eigenvalue weighted by Crippen LogP contribution is -2.40. The zero-order valence-corrected chi connectivity index (χ0v) is 9.95. The Morgan fingerprint density at radius 3 is 2.40 bits per heavy atom. The zero-order chi connectivity index (χ0) is 11.1. The van der Waals surface area contributed by atoms with Gasteiger partial charge in [0.1, 0.15) is 0 Å². The number of hydrogen-bond donors (Lipinski definition) is 3. The fraction of sp³-hybridized carbons (Fsp3) is 0.800. The van der Waals surface area contributed by atoms with E-state index in [-0.39, 0.29) is 11.8 Å². The van der Waals surface area contributed by atoms with Gasteiger partial charge in [-0.3, -0.25) is 4.79 Å². The van der Waals surface area contributed by atoms with Gasteiger partial charge < -0.3 is 16.0 Å². The molecule has 0 aromatic carbocycles. The molecule has 1 rings (SSSR count). The average molecular weight is 229 g/mol. The molecule has 0 radical (unpaired) electrons. The van der Waals surface area contributed by atoms with Crippen LogP contribution >= 0.6 is 12.2 Å². The largest absolute Gasteiger partial charge is 0.363 e. The van der Waals surface area contributed by atoms with Gasteiger partial charge in [0.15, 0.2) is 5.11 Å². The molecule has 1 saturated carbocycles. The van der Waals surface area contributed by atoms with E-state index in [4.69, 9.17) is 12.2 Å². The second-order valence-corrected chi connectivity index (χ2v) is 4.16. The molecular formula is C10H19N3OS. The summed E-state index contributed by atoms with van der Waals surface area (Å²) in [5, 5.41) is 9.63. The lowest BCUT2D eigenvalue weighted by molar-refractivity contribution is -0.122. The Bertz CT molecular complexity index is 229. The Morgan fingerprint density at radius 1 is 1.20 bits per heavy atom. The molecule has 1 amide bonds. The molecule has 0 heterocycles. The van der Waals surface area contributed by atoms with Crippen molar-refractivity contribution in [2.24, 2.45) is 5.92 Å². The molecule has 5 heteroatoms. The number of carbonyl (C=O) groups excluding carboxylic acids is 1. The van der Waals surface area contributed by atoms with Crippen LogP contribution < -0.4 is 16.0 Å². The summed E-state index contributed by atoms with van der Waals surface area (Å²) in [7, 11) is 0. The van der Waals surface area contributed by atoms with Crippen LogP contribution in [-0.2, 0) is 4.79 Å². The molecule has 0 bridgehead atoms.